The number of ether oxygens (including phenoxy) is 1. The van der Waals surface area contributed by atoms with Crippen LogP contribution in [0.1, 0.15) is 18.1 Å². The lowest BCUT2D eigenvalue weighted by Gasteiger charge is -2.10. The Kier molecular flexibility index (Phi) is 6.40. The van der Waals surface area contributed by atoms with Gasteiger partial charge in [0.05, 0.1) is 10.6 Å². The first kappa shape index (κ1) is 21.7. The number of nitrogens with one attached hydrogen (secondary N) is 1. The Balaban J connectivity index is 1.33. The summed E-state index contributed by atoms with van der Waals surface area (Å²) in [5.41, 5.74) is 4.80. The SMILES string of the molecule is C/C(=N/NC(=O)Cn1cc([N+](=O)[O-])cn1)c1ccc(OCc2cccc3ccccc23)cc1. The Morgan fingerprint density at radius 3 is 2.64 bits per heavy atom. The highest BCUT2D eigenvalue weighted by Crippen LogP contribution is 2.21. The summed E-state index contributed by atoms with van der Waals surface area (Å²) in [6, 6.07) is 21.8. The van der Waals surface area contributed by atoms with Gasteiger partial charge in [-0.2, -0.15) is 10.2 Å². The monoisotopic (exact) mass is 443 g/mol. The van der Waals surface area contributed by atoms with Crippen molar-refractivity contribution in [1.29, 1.82) is 0 Å². The smallest absolute Gasteiger partial charge is 0.307 e. The fourth-order valence-corrected chi connectivity index (χ4v) is 3.30. The predicted molar refractivity (Wildman–Crippen MR) is 124 cm³/mol. The highest BCUT2D eigenvalue weighted by Gasteiger charge is 2.11. The van der Waals surface area contributed by atoms with E-state index in [4.69, 9.17) is 4.74 Å². The van der Waals surface area contributed by atoms with E-state index in [1.165, 1.54) is 21.7 Å². The maximum Gasteiger partial charge on any atom is 0.307 e. The lowest BCUT2D eigenvalue weighted by atomic mass is 10.1. The van der Waals surface area contributed by atoms with Gasteiger partial charge in [0.2, 0.25) is 0 Å². The number of benzene rings is 3. The first-order chi connectivity index (χ1) is 16.0. The zero-order valence-electron chi connectivity index (χ0n) is 17.8. The summed E-state index contributed by atoms with van der Waals surface area (Å²) >= 11 is 0. The average Bonchev–Trinajstić information content (AvgIpc) is 3.30. The Bertz CT molecular complexity index is 1320. The summed E-state index contributed by atoms with van der Waals surface area (Å²) in [5.74, 6) is 0.284. The van der Waals surface area contributed by atoms with Gasteiger partial charge in [-0.05, 0) is 53.1 Å². The van der Waals surface area contributed by atoms with Crippen LogP contribution >= 0.6 is 0 Å². The molecule has 1 heterocycles. The minimum Gasteiger partial charge on any atom is -0.489 e. The van der Waals surface area contributed by atoms with E-state index >= 15 is 0 Å². The second kappa shape index (κ2) is 9.73. The minimum absolute atomic E-state index is 0.175. The Hall–Kier alpha value is -4.53. The van der Waals surface area contributed by atoms with Gasteiger partial charge in [0.25, 0.3) is 5.91 Å². The van der Waals surface area contributed by atoms with Crippen molar-refractivity contribution in [3.63, 3.8) is 0 Å². The van der Waals surface area contributed by atoms with Crippen molar-refractivity contribution in [2.45, 2.75) is 20.1 Å². The van der Waals surface area contributed by atoms with Crippen LogP contribution in [0, 0.1) is 10.1 Å². The van der Waals surface area contributed by atoms with E-state index < -0.39 is 10.8 Å². The molecule has 0 spiro atoms. The van der Waals surface area contributed by atoms with Crippen molar-refractivity contribution in [1.82, 2.24) is 15.2 Å². The number of aromatic nitrogens is 2. The number of hydrogen-bond acceptors (Lipinski definition) is 6. The molecule has 166 valence electrons. The summed E-state index contributed by atoms with van der Waals surface area (Å²) < 4.78 is 7.13. The molecule has 0 atom stereocenters. The molecule has 0 saturated heterocycles. The van der Waals surface area contributed by atoms with Gasteiger partial charge in [-0.25, -0.2) is 5.43 Å². The molecule has 1 amide bonds. The predicted octanol–water partition coefficient (Wildman–Crippen LogP) is 4.06. The average molecular weight is 443 g/mol. The van der Waals surface area contributed by atoms with Gasteiger partial charge in [0.1, 0.15) is 31.3 Å². The minimum atomic E-state index is -0.570. The third-order valence-electron chi connectivity index (χ3n) is 5.03. The quantitative estimate of drug-likeness (QED) is 0.251. The number of amides is 1. The van der Waals surface area contributed by atoms with Gasteiger partial charge >= 0.3 is 5.69 Å². The van der Waals surface area contributed by atoms with E-state index in [0.717, 1.165) is 23.1 Å². The van der Waals surface area contributed by atoms with E-state index in [9.17, 15) is 14.9 Å². The summed E-state index contributed by atoms with van der Waals surface area (Å²) in [7, 11) is 0. The molecule has 3 aromatic carbocycles. The number of hydrogen-bond donors (Lipinski definition) is 1. The van der Waals surface area contributed by atoms with Crippen molar-refractivity contribution in [3.05, 3.63) is 100 Å². The first-order valence-electron chi connectivity index (χ1n) is 10.2. The molecule has 0 aliphatic rings. The van der Waals surface area contributed by atoms with Gasteiger partial charge in [-0.1, -0.05) is 42.5 Å². The topological polar surface area (TPSA) is 112 Å². The zero-order chi connectivity index (χ0) is 23.2. The van der Waals surface area contributed by atoms with Gasteiger partial charge in [-0.3, -0.25) is 19.6 Å². The molecule has 9 nitrogen and oxygen atoms in total. The highest BCUT2D eigenvalue weighted by atomic mass is 16.6. The summed E-state index contributed by atoms with van der Waals surface area (Å²) in [4.78, 5) is 22.1. The molecule has 0 aliphatic carbocycles. The summed E-state index contributed by atoms with van der Waals surface area (Å²) in [5, 5.41) is 20.9. The largest absolute Gasteiger partial charge is 0.489 e. The van der Waals surface area contributed by atoms with Crippen LogP contribution < -0.4 is 10.2 Å². The number of nitrogens with zero attached hydrogens (tertiary/aromatic N) is 4. The van der Waals surface area contributed by atoms with Crippen molar-refractivity contribution in [2.75, 3.05) is 0 Å². The van der Waals surface area contributed by atoms with E-state index in [1.807, 2.05) is 42.5 Å². The van der Waals surface area contributed by atoms with Crippen LogP contribution in [0.25, 0.3) is 10.8 Å². The molecule has 4 rings (SSSR count). The molecule has 9 heteroatoms. The van der Waals surface area contributed by atoms with Gasteiger partial charge in [0.15, 0.2) is 0 Å². The van der Waals surface area contributed by atoms with Crippen LogP contribution in [0.3, 0.4) is 0 Å². The lowest BCUT2D eigenvalue weighted by Crippen LogP contribution is -2.24. The molecule has 0 aliphatic heterocycles. The molecule has 1 N–H and O–H groups in total. The van der Waals surface area contributed by atoms with E-state index in [1.54, 1.807) is 6.92 Å². The van der Waals surface area contributed by atoms with Gasteiger partial charge < -0.3 is 4.74 Å². The second-order valence-corrected chi connectivity index (χ2v) is 7.34. The number of rotatable bonds is 8. The standard InChI is InChI=1S/C24H21N5O4/c1-17(26-27-24(30)15-28-14-21(13-25-28)29(31)32)18-9-11-22(12-10-18)33-16-20-7-4-6-19-5-2-3-8-23(19)20/h2-14H,15-16H2,1H3,(H,27,30)/b26-17-. The molecule has 0 fully saturated rings. The van der Waals surface area contributed by atoms with E-state index in [2.05, 4.69) is 39.9 Å². The van der Waals surface area contributed by atoms with Crippen molar-refractivity contribution < 1.29 is 14.5 Å². The van der Waals surface area contributed by atoms with Crippen LogP contribution in [-0.4, -0.2) is 26.3 Å². The molecular formula is C24H21N5O4. The normalized spacial score (nSPS) is 11.4. The number of fused-ring (bicyclic) bond motifs is 1. The van der Waals surface area contributed by atoms with Crippen molar-refractivity contribution in [2.24, 2.45) is 5.10 Å². The number of nitro groups is 1. The van der Waals surface area contributed by atoms with Gasteiger partial charge in [0, 0.05) is 0 Å². The zero-order valence-corrected chi connectivity index (χ0v) is 17.8. The summed E-state index contributed by atoms with van der Waals surface area (Å²) in [6.07, 6.45) is 2.28. The van der Waals surface area contributed by atoms with Crippen LogP contribution in [0.4, 0.5) is 5.69 Å². The molecule has 4 aromatic rings. The first-order valence-corrected chi connectivity index (χ1v) is 10.2. The lowest BCUT2D eigenvalue weighted by molar-refractivity contribution is -0.385. The van der Waals surface area contributed by atoms with Crippen LogP contribution in [-0.2, 0) is 17.9 Å². The maximum absolute atomic E-state index is 12.0. The Morgan fingerprint density at radius 2 is 1.88 bits per heavy atom. The van der Waals surface area contributed by atoms with Crippen LogP contribution in [0.5, 0.6) is 5.75 Å². The molecule has 0 saturated carbocycles. The Morgan fingerprint density at radius 1 is 1.12 bits per heavy atom. The second-order valence-electron chi connectivity index (χ2n) is 7.34. The molecule has 0 bridgehead atoms. The highest BCUT2D eigenvalue weighted by molar-refractivity contribution is 5.99. The fourth-order valence-electron chi connectivity index (χ4n) is 3.30. The van der Waals surface area contributed by atoms with Crippen LogP contribution in [0.2, 0.25) is 0 Å². The number of carbonyl (C=O) groups excluding carboxylic acids is 1. The van der Waals surface area contributed by atoms with E-state index in [0.29, 0.717) is 12.3 Å². The third kappa shape index (κ3) is 5.40. The van der Waals surface area contributed by atoms with Gasteiger partial charge in [-0.15, -0.1) is 0 Å². The van der Waals surface area contributed by atoms with Crippen LogP contribution in [0.15, 0.2) is 84.2 Å². The van der Waals surface area contributed by atoms with Crippen molar-refractivity contribution in [3.8, 4) is 5.75 Å². The van der Waals surface area contributed by atoms with Crippen molar-refractivity contribution >= 4 is 28.1 Å². The number of carbonyl (C=O) groups is 1. The molecule has 33 heavy (non-hydrogen) atoms. The molecule has 0 unspecified atom stereocenters. The molecule has 1 aromatic heterocycles. The molecular weight excluding hydrogens is 422 g/mol. The number of hydrazone groups is 1. The third-order valence-corrected chi connectivity index (χ3v) is 5.03. The summed E-state index contributed by atoms with van der Waals surface area (Å²) in [6.45, 7) is 2.05. The maximum atomic E-state index is 12.0. The van der Waals surface area contributed by atoms with E-state index in [-0.39, 0.29) is 12.2 Å². The Labute approximate surface area is 189 Å². The fraction of sp³-hybridized carbons (Fsp3) is 0.125. The molecule has 0 radical (unpaired) electrons.